The Labute approximate surface area is 135 Å². The zero-order chi connectivity index (χ0) is 17.6. The summed E-state index contributed by atoms with van der Waals surface area (Å²) >= 11 is 0. The fraction of sp³-hybridized carbons (Fsp3) is 0.471. The Morgan fingerprint density at radius 1 is 1.13 bits per heavy atom. The fourth-order valence-electron chi connectivity index (χ4n) is 2.28. The molecule has 0 aliphatic carbocycles. The van der Waals surface area contributed by atoms with Crippen LogP contribution < -0.4 is 0 Å². The minimum absolute atomic E-state index is 0.0488. The van der Waals surface area contributed by atoms with Crippen molar-refractivity contribution >= 4 is 17.7 Å². The Bertz CT molecular complexity index is 618. The van der Waals surface area contributed by atoms with Crippen molar-refractivity contribution in [1.29, 1.82) is 0 Å². The smallest absolute Gasteiger partial charge is 0.342 e. The Kier molecular flexibility index (Phi) is 6.75. The predicted octanol–water partition coefficient (Wildman–Crippen LogP) is 2.90. The lowest BCUT2D eigenvalue weighted by Crippen LogP contribution is -2.18. The van der Waals surface area contributed by atoms with Gasteiger partial charge in [0.15, 0.2) is 5.78 Å². The molecule has 0 amide bonds. The number of ketones is 1. The van der Waals surface area contributed by atoms with Crippen molar-refractivity contribution in [3.63, 3.8) is 0 Å². The van der Waals surface area contributed by atoms with Crippen LogP contribution in [-0.4, -0.2) is 36.5 Å². The first kappa shape index (κ1) is 18.7. The second kappa shape index (κ2) is 8.31. The second-order valence-electron chi connectivity index (χ2n) is 5.05. The number of benzene rings is 1. The summed E-state index contributed by atoms with van der Waals surface area (Å²) in [6, 6.07) is 1.45. The molecule has 0 saturated carbocycles. The summed E-state index contributed by atoms with van der Waals surface area (Å²) in [5.41, 5.74) is -0.0769. The number of phenolic OH excluding ortho intramolecular Hbond substituents is 1. The molecule has 0 spiro atoms. The molecule has 6 heteroatoms. The lowest BCUT2D eigenvalue weighted by atomic mass is 9.92. The topological polar surface area (TPSA) is 89.9 Å². The van der Waals surface area contributed by atoms with Gasteiger partial charge in [0.05, 0.1) is 19.3 Å². The van der Waals surface area contributed by atoms with Crippen molar-refractivity contribution in [2.24, 2.45) is 0 Å². The number of esters is 2. The van der Waals surface area contributed by atoms with E-state index in [0.29, 0.717) is 12.0 Å². The molecule has 0 atom stereocenters. The maximum atomic E-state index is 12.2. The van der Waals surface area contributed by atoms with E-state index < -0.39 is 17.7 Å². The number of methoxy groups -OCH3 is 1. The van der Waals surface area contributed by atoms with E-state index in [-0.39, 0.29) is 29.0 Å². The van der Waals surface area contributed by atoms with Crippen LogP contribution in [0.3, 0.4) is 0 Å². The molecular formula is C17H22O6. The molecule has 1 aromatic rings. The standard InChI is InChI=1S/C17H22O6/c1-5-7-8-11-9-12(10(3)18)13(17(21)23-6-2)14(15(11)19)16(20)22-4/h9,19H,5-8H2,1-4H3. The SMILES string of the molecule is CCCCc1cc(C(C)=O)c(C(=O)OCC)c(C(=O)OC)c1O. The molecule has 1 aromatic carbocycles. The van der Waals surface area contributed by atoms with E-state index in [1.165, 1.54) is 13.0 Å². The van der Waals surface area contributed by atoms with E-state index in [0.717, 1.165) is 20.0 Å². The number of carbonyl (C=O) groups excluding carboxylic acids is 3. The normalized spacial score (nSPS) is 10.3. The molecular weight excluding hydrogens is 300 g/mol. The number of rotatable bonds is 7. The van der Waals surface area contributed by atoms with Crippen LogP contribution in [0.15, 0.2) is 6.07 Å². The van der Waals surface area contributed by atoms with E-state index in [1.807, 2.05) is 6.92 Å². The zero-order valence-electron chi connectivity index (χ0n) is 13.9. The van der Waals surface area contributed by atoms with Gasteiger partial charge in [-0.3, -0.25) is 4.79 Å². The van der Waals surface area contributed by atoms with Gasteiger partial charge in [0.25, 0.3) is 0 Å². The van der Waals surface area contributed by atoms with Gasteiger partial charge in [-0.15, -0.1) is 0 Å². The molecule has 0 unspecified atom stereocenters. The largest absolute Gasteiger partial charge is 0.507 e. The van der Waals surface area contributed by atoms with E-state index >= 15 is 0 Å². The lowest BCUT2D eigenvalue weighted by molar-refractivity contribution is 0.0499. The maximum absolute atomic E-state index is 12.2. The molecule has 0 radical (unpaired) electrons. The minimum atomic E-state index is -0.883. The third-order valence-electron chi connectivity index (χ3n) is 3.43. The Balaban J connectivity index is 3.68. The number of unbranched alkanes of at least 4 members (excludes halogenated alkanes) is 1. The number of ether oxygens (including phenoxy) is 2. The molecule has 23 heavy (non-hydrogen) atoms. The number of Topliss-reactive ketones (excluding diaryl/α,β-unsaturated/α-hetero) is 1. The molecule has 0 aromatic heterocycles. The van der Waals surface area contributed by atoms with Crippen molar-refractivity contribution in [3.05, 3.63) is 28.3 Å². The third-order valence-corrected chi connectivity index (χ3v) is 3.43. The maximum Gasteiger partial charge on any atom is 0.342 e. The quantitative estimate of drug-likeness (QED) is 0.613. The minimum Gasteiger partial charge on any atom is -0.507 e. The summed E-state index contributed by atoms with van der Waals surface area (Å²) < 4.78 is 9.58. The zero-order valence-corrected chi connectivity index (χ0v) is 13.9. The van der Waals surface area contributed by atoms with E-state index in [2.05, 4.69) is 4.74 Å². The average molecular weight is 322 g/mol. The van der Waals surface area contributed by atoms with Crippen molar-refractivity contribution < 1.29 is 29.0 Å². The number of aryl methyl sites for hydroxylation is 1. The van der Waals surface area contributed by atoms with Gasteiger partial charge in [-0.25, -0.2) is 9.59 Å². The first-order valence-corrected chi connectivity index (χ1v) is 7.54. The number of hydrogen-bond acceptors (Lipinski definition) is 6. The first-order valence-electron chi connectivity index (χ1n) is 7.54. The van der Waals surface area contributed by atoms with Gasteiger partial charge in [0.2, 0.25) is 0 Å². The summed E-state index contributed by atoms with van der Waals surface area (Å²) in [5.74, 6) is -2.45. The fourth-order valence-corrected chi connectivity index (χ4v) is 2.28. The van der Waals surface area contributed by atoms with Gasteiger partial charge in [-0.2, -0.15) is 0 Å². The summed E-state index contributed by atoms with van der Waals surface area (Å²) in [6.45, 7) is 4.96. The highest BCUT2D eigenvalue weighted by Gasteiger charge is 2.30. The summed E-state index contributed by atoms with van der Waals surface area (Å²) in [7, 11) is 1.14. The molecule has 6 nitrogen and oxygen atoms in total. The van der Waals surface area contributed by atoms with Gasteiger partial charge < -0.3 is 14.6 Å². The Hall–Kier alpha value is -2.37. The molecule has 1 rings (SSSR count). The molecule has 0 aliphatic rings. The van der Waals surface area contributed by atoms with Crippen molar-refractivity contribution in [2.45, 2.75) is 40.0 Å². The molecule has 1 N–H and O–H groups in total. The Morgan fingerprint density at radius 3 is 2.26 bits per heavy atom. The summed E-state index contributed by atoms with van der Waals surface area (Å²) in [4.78, 5) is 36.2. The second-order valence-corrected chi connectivity index (χ2v) is 5.05. The molecule has 0 bridgehead atoms. The highest BCUT2D eigenvalue weighted by molar-refractivity contribution is 6.13. The van der Waals surface area contributed by atoms with Gasteiger partial charge in [0, 0.05) is 5.56 Å². The molecule has 0 aliphatic heterocycles. The third kappa shape index (κ3) is 4.09. The van der Waals surface area contributed by atoms with E-state index in [4.69, 9.17) is 4.74 Å². The molecule has 0 fully saturated rings. The number of carbonyl (C=O) groups is 3. The summed E-state index contributed by atoms with van der Waals surface area (Å²) in [6.07, 6.45) is 2.13. The highest BCUT2D eigenvalue weighted by atomic mass is 16.5. The molecule has 0 saturated heterocycles. The monoisotopic (exact) mass is 322 g/mol. The van der Waals surface area contributed by atoms with Gasteiger partial charge >= 0.3 is 11.9 Å². The van der Waals surface area contributed by atoms with Crippen molar-refractivity contribution in [1.82, 2.24) is 0 Å². The van der Waals surface area contributed by atoms with Crippen LogP contribution in [0.5, 0.6) is 5.75 Å². The van der Waals surface area contributed by atoms with Crippen LogP contribution in [-0.2, 0) is 15.9 Å². The van der Waals surface area contributed by atoms with Crippen LogP contribution in [0.4, 0.5) is 0 Å². The number of aromatic hydroxyl groups is 1. The number of phenols is 1. The highest BCUT2D eigenvalue weighted by Crippen LogP contribution is 2.32. The van der Waals surface area contributed by atoms with Crippen LogP contribution in [0.25, 0.3) is 0 Å². The van der Waals surface area contributed by atoms with Crippen molar-refractivity contribution in [2.75, 3.05) is 13.7 Å². The van der Waals surface area contributed by atoms with Crippen molar-refractivity contribution in [3.8, 4) is 5.75 Å². The number of hydrogen-bond donors (Lipinski definition) is 1. The first-order chi connectivity index (χ1) is 10.9. The van der Waals surface area contributed by atoms with Gasteiger partial charge in [-0.05, 0) is 38.3 Å². The van der Waals surface area contributed by atoms with Gasteiger partial charge in [0.1, 0.15) is 11.3 Å². The van der Waals surface area contributed by atoms with E-state index in [1.54, 1.807) is 6.92 Å². The molecule has 0 heterocycles. The van der Waals surface area contributed by atoms with Crippen LogP contribution in [0.1, 0.15) is 70.3 Å². The van der Waals surface area contributed by atoms with E-state index in [9.17, 15) is 19.5 Å². The van der Waals surface area contributed by atoms with Crippen LogP contribution in [0, 0.1) is 0 Å². The molecule has 126 valence electrons. The van der Waals surface area contributed by atoms with Crippen LogP contribution in [0.2, 0.25) is 0 Å². The Morgan fingerprint density at radius 2 is 1.78 bits per heavy atom. The average Bonchev–Trinajstić information content (AvgIpc) is 2.52. The predicted molar refractivity (Wildman–Crippen MR) is 84.0 cm³/mol. The lowest BCUT2D eigenvalue weighted by Gasteiger charge is -2.16. The summed E-state index contributed by atoms with van der Waals surface area (Å²) in [5, 5.41) is 10.4. The van der Waals surface area contributed by atoms with Crippen LogP contribution >= 0.6 is 0 Å². The van der Waals surface area contributed by atoms with Gasteiger partial charge in [-0.1, -0.05) is 13.3 Å².